The maximum Gasteiger partial charge on any atom is 0.0700 e. The Hall–Kier alpha value is -0.900. The summed E-state index contributed by atoms with van der Waals surface area (Å²) < 4.78 is 5.62. The minimum atomic E-state index is 0.236. The average molecular weight is 248 g/mol. The molecule has 100 valence electrons. The third-order valence-electron chi connectivity index (χ3n) is 3.64. The van der Waals surface area contributed by atoms with E-state index in [1.54, 1.807) is 0 Å². The number of hydrogen-bond donors (Lipinski definition) is 2. The van der Waals surface area contributed by atoms with E-state index >= 15 is 0 Å². The average Bonchev–Trinajstić information content (AvgIpc) is 2.93. The Morgan fingerprint density at radius 1 is 1.39 bits per heavy atom. The van der Waals surface area contributed by atoms with Crippen molar-refractivity contribution in [2.45, 2.75) is 38.3 Å². The Bertz CT molecular complexity index is 344. The highest BCUT2D eigenvalue weighted by Crippen LogP contribution is 2.16. The number of nitrogens with two attached hydrogens (primary N) is 1. The summed E-state index contributed by atoms with van der Waals surface area (Å²) in [5.41, 5.74) is 8.50. The van der Waals surface area contributed by atoms with E-state index in [0.717, 1.165) is 19.6 Å². The number of hydrogen-bond acceptors (Lipinski definition) is 3. The fraction of sp³-hybridized carbons (Fsp3) is 0.600. The lowest BCUT2D eigenvalue weighted by molar-refractivity contribution is 0.107. The summed E-state index contributed by atoms with van der Waals surface area (Å²) in [6.45, 7) is 4.60. The maximum atomic E-state index is 5.86. The SMILES string of the molecule is CCc1ccc(C(CN)NCC2CCCO2)cc1. The van der Waals surface area contributed by atoms with Crippen molar-refractivity contribution in [2.75, 3.05) is 19.7 Å². The van der Waals surface area contributed by atoms with Crippen LogP contribution in [0, 0.1) is 0 Å². The molecule has 1 saturated heterocycles. The summed E-state index contributed by atoms with van der Waals surface area (Å²) in [5, 5.41) is 3.52. The predicted molar refractivity (Wildman–Crippen MR) is 74.6 cm³/mol. The maximum absolute atomic E-state index is 5.86. The van der Waals surface area contributed by atoms with Gasteiger partial charge in [0.2, 0.25) is 0 Å². The van der Waals surface area contributed by atoms with Crippen LogP contribution in [0.25, 0.3) is 0 Å². The number of rotatable bonds is 6. The summed E-state index contributed by atoms with van der Waals surface area (Å²) in [7, 11) is 0. The molecule has 0 bridgehead atoms. The van der Waals surface area contributed by atoms with Crippen molar-refractivity contribution in [1.82, 2.24) is 5.32 Å². The van der Waals surface area contributed by atoms with Crippen molar-refractivity contribution in [2.24, 2.45) is 5.73 Å². The second kappa shape index (κ2) is 6.88. The molecular formula is C15H24N2O. The molecule has 1 aromatic rings. The first-order valence-electron chi connectivity index (χ1n) is 6.97. The Labute approximate surface area is 110 Å². The highest BCUT2D eigenvalue weighted by atomic mass is 16.5. The Morgan fingerprint density at radius 3 is 2.72 bits per heavy atom. The second-order valence-electron chi connectivity index (χ2n) is 4.93. The summed E-state index contributed by atoms with van der Waals surface area (Å²) in [4.78, 5) is 0. The summed E-state index contributed by atoms with van der Waals surface area (Å²) >= 11 is 0. The molecule has 0 aromatic heterocycles. The van der Waals surface area contributed by atoms with Gasteiger partial charge in [-0.15, -0.1) is 0 Å². The molecule has 0 aliphatic carbocycles. The molecule has 1 fully saturated rings. The summed E-state index contributed by atoms with van der Waals surface area (Å²) in [5.74, 6) is 0. The van der Waals surface area contributed by atoms with Crippen LogP contribution >= 0.6 is 0 Å². The molecule has 3 nitrogen and oxygen atoms in total. The molecule has 0 spiro atoms. The highest BCUT2D eigenvalue weighted by Gasteiger charge is 2.17. The van der Waals surface area contributed by atoms with E-state index in [4.69, 9.17) is 10.5 Å². The molecular weight excluding hydrogens is 224 g/mol. The van der Waals surface area contributed by atoms with Crippen molar-refractivity contribution in [1.29, 1.82) is 0 Å². The van der Waals surface area contributed by atoms with Crippen LogP contribution in [0.3, 0.4) is 0 Å². The van der Waals surface area contributed by atoms with Gasteiger partial charge in [-0.3, -0.25) is 0 Å². The molecule has 3 N–H and O–H groups in total. The van der Waals surface area contributed by atoms with Gasteiger partial charge in [-0.2, -0.15) is 0 Å². The molecule has 0 saturated carbocycles. The van der Waals surface area contributed by atoms with Gasteiger partial charge in [0.15, 0.2) is 0 Å². The molecule has 0 radical (unpaired) electrons. The van der Waals surface area contributed by atoms with E-state index in [9.17, 15) is 0 Å². The van der Waals surface area contributed by atoms with Crippen molar-refractivity contribution in [3.05, 3.63) is 35.4 Å². The topological polar surface area (TPSA) is 47.3 Å². The first kappa shape index (κ1) is 13.5. The minimum Gasteiger partial charge on any atom is -0.377 e. The molecule has 18 heavy (non-hydrogen) atoms. The zero-order valence-electron chi connectivity index (χ0n) is 11.2. The van der Waals surface area contributed by atoms with E-state index in [-0.39, 0.29) is 6.04 Å². The molecule has 0 amide bonds. The predicted octanol–water partition coefficient (Wildman–Crippen LogP) is 2.02. The quantitative estimate of drug-likeness (QED) is 0.809. The fourth-order valence-corrected chi connectivity index (χ4v) is 2.40. The van der Waals surface area contributed by atoms with Gasteiger partial charge < -0.3 is 15.8 Å². The van der Waals surface area contributed by atoms with Gasteiger partial charge in [0.1, 0.15) is 0 Å². The lowest BCUT2D eigenvalue weighted by Gasteiger charge is -2.20. The van der Waals surface area contributed by atoms with Crippen LogP contribution < -0.4 is 11.1 Å². The van der Waals surface area contributed by atoms with E-state index < -0.39 is 0 Å². The molecule has 2 atom stereocenters. The van der Waals surface area contributed by atoms with Crippen molar-refractivity contribution in [3.8, 4) is 0 Å². The standard InChI is InChI=1S/C15H24N2O/c1-2-12-5-7-13(8-6-12)15(10-16)17-11-14-4-3-9-18-14/h5-8,14-15,17H,2-4,9-11,16H2,1H3. The third kappa shape index (κ3) is 3.55. The monoisotopic (exact) mass is 248 g/mol. The van der Waals surface area contributed by atoms with Gasteiger partial charge in [0.05, 0.1) is 6.10 Å². The van der Waals surface area contributed by atoms with Gasteiger partial charge in [-0.25, -0.2) is 0 Å². The first-order chi connectivity index (χ1) is 8.83. The molecule has 1 aliphatic rings. The zero-order valence-corrected chi connectivity index (χ0v) is 11.2. The smallest absolute Gasteiger partial charge is 0.0700 e. The lowest BCUT2D eigenvalue weighted by Crippen LogP contribution is -2.34. The minimum absolute atomic E-state index is 0.236. The molecule has 2 rings (SSSR count). The van der Waals surface area contributed by atoms with Crippen LogP contribution in [0.4, 0.5) is 0 Å². The second-order valence-corrected chi connectivity index (χ2v) is 4.93. The normalized spacial score (nSPS) is 21.1. The van der Waals surface area contributed by atoms with Gasteiger partial charge in [-0.05, 0) is 30.4 Å². The van der Waals surface area contributed by atoms with Crippen LogP contribution in [0.15, 0.2) is 24.3 Å². The Balaban J connectivity index is 1.89. The fourth-order valence-electron chi connectivity index (χ4n) is 2.40. The van der Waals surface area contributed by atoms with Crippen LogP contribution in [0.2, 0.25) is 0 Å². The van der Waals surface area contributed by atoms with Crippen LogP contribution in [0.1, 0.15) is 36.9 Å². The van der Waals surface area contributed by atoms with Gasteiger partial charge >= 0.3 is 0 Å². The molecule has 1 aliphatic heterocycles. The van der Waals surface area contributed by atoms with Crippen molar-refractivity contribution in [3.63, 3.8) is 0 Å². The van der Waals surface area contributed by atoms with Crippen molar-refractivity contribution < 1.29 is 4.74 Å². The molecule has 2 unspecified atom stereocenters. The van der Waals surface area contributed by atoms with E-state index in [1.165, 1.54) is 24.0 Å². The molecule has 1 heterocycles. The van der Waals surface area contributed by atoms with Crippen LogP contribution in [-0.2, 0) is 11.2 Å². The largest absolute Gasteiger partial charge is 0.377 e. The lowest BCUT2D eigenvalue weighted by atomic mass is 10.0. The molecule has 3 heteroatoms. The first-order valence-corrected chi connectivity index (χ1v) is 6.97. The Morgan fingerprint density at radius 2 is 2.17 bits per heavy atom. The molecule has 1 aromatic carbocycles. The highest BCUT2D eigenvalue weighted by molar-refractivity contribution is 5.25. The van der Waals surface area contributed by atoms with Crippen LogP contribution in [0.5, 0.6) is 0 Å². The van der Waals surface area contributed by atoms with Gasteiger partial charge in [-0.1, -0.05) is 31.2 Å². The summed E-state index contributed by atoms with van der Waals surface area (Å²) in [6.07, 6.45) is 3.80. The van der Waals surface area contributed by atoms with E-state index in [1.807, 2.05) is 0 Å². The number of ether oxygens (including phenoxy) is 1. The van der Waals surface area contributed by atoms with Gasteiger partial charge in [0, 0.05) is 25.7 Å². The van der Waals surface area contributed by atoms with E-state index in [0.29, 0.717) is 12.6 Å². The van der Waals surface area contributed by atoms with Gasteiger partial charge in [0.25, 0.3) is 0 Å². The van der Waals surface area contributed by atoms with Crippen LogP contribution in [-0.4, -0.2) is 25.8 Å². The number of aryl methyl sites for hydroxylation is 1. The van der Waals surface area contributed by atoms with Crippen molar-refractivity contribution >= 4 is 0 Å². The number of benzene rings is 1. The zero-order chi connectivity index (χ0) is 12.8. The number of nitrogens with one attached hydrogen (secondary N) is 1. The van der Waals surface area contributed by atoms with E-state index in [2.05, 4.69) is 36.5 Å². The Kier molecular flexibility index (Phi) is 5.17. The summed E-state index contributed by atoms with van der Waals surface area (Å²) in [6, 6.07) is 8.97. The third-order valence-corrected chi connectivity index (χ3v) is 3.64.